The van der Waals surface area contributed by atoms with Crippen LogP contribution < -0.4 is 4.90 Å². The van der Waals surface area contributed by atoms with E-state index in [2.05, 4.69) is 0 Å². The van der Waals surface area contributed by atoms with Crippen molar-refractivity contribution in [2.75, 3.05) is 4.90 Å². The summed E-state index contributed by atoms with van der Waals surface area (Å²) in [6, 6.07) is 6.77. The molecule has 17 heavy (non-hydrogen) atoms. The zero-order valence-electron chi connectivity index (χ0n) is 9.73. The van der Waals surface area contributed by atoms with Crippen LogP contribution in [0.4, 0.5) is 5.69 Å². The lowest BCUT2D eigenvalue weighted by Crippen LogP contribution is -2.31. The van der Waals surface area contributed by atoms with Gasteiger partial charge in [-0.2, -0.15) is 0 Å². The van der Waals surface area contributed by atoms with Crippen molar-refractivity contribution in [3.8, 4) is 0 Å². The summed E-state index contributed by atoms with van der Waals surface area (Å²) < 4.78 is 0. The van der Waals surface area contributed by atoms with Crippen molar-refractivity contribution in [1.82, 2.24) is 0 Å². The predicted octanol–water partition coefficient (Wildman–Crippen LogP) is 1.39. The topological polar surface area (TPSA) is 57.6 Å². The van der Waals surface area contributed by atoms with E-state index in [0.717, 1.165) is 4.90 Å². The molecule has 0 atom stereocenters. The molecule has 0 saturated carbocycles. The molecule has 0 bridgehead atoms. The predicted molar refractivity (Wildman–Crippen MR) is 63.2 cm³/mol. The summed E-state index contributed by atoms with van der Waals surface area (Å²) in [5.74, 6) is -0.579. The van der Waals surface area contributed by atoms with Crippen molar-refractivity contribution < 1.29 is 14.7 Å². The summed E-state index contributed by atoms with van der Waals surface area (Å²) in [5.41, 5.74) is 2.13. The molecule has 0 radical (unpaired) electrons. The Morgan fingerprint density at radius 1 is 1.12 bits per heavy atom. The molecule has 0 aliphatic carbocycles. The van der Waals surface area contributed by atoms with E-state index in [4.69, 9.17) is 5.11 Å². The summed E-state index contributed by atoms with van der Waals surface area (Å²) in [4.78, 5) is 25.0. The minimum absolute atomic E-state index is 0.116. The number of aliphatic hydroxyl groups excluding tert-OH is 1. The van der Waals surface area contributed by atoms with Gasteiger partial charge >= 0.3 is 0 Å². The van der Waals surface area contributed by atoms with Crippen molar-refractivity contribution in [3.05, 3.63) is 41.0 Å². The fourth-order valence-electron chi connectivity index (χ4n) is 1.78. The van der Waals surface area contributed by atoms with Crippen LogP contribution >= 0.6 is 0 Å². The molecular weight excluding hydrogens is 218 g/mol. The van der Waals surface area contributed by atoms with Gasteiger partial charge in [-0.25, -0.2) is 4.90 Å². The number of amides is 2. The molecule has 2 rings (SSSR count). The summed E-state index contributed by atoms with van der Waals surface area (Å²) in [7, 11) is 0. The largest absolute Gasteiger partial charge is 0.392 e. The van der Waals surface area contributed by atoms with E-state index in [1.165, 1.54) is 0 Å². The van der Waals surface area contributed by atoms with Gasteiger partial charge in [-0.1, -0.05) is 12.1 Å². The SMILES string of the molecule is CC1=C(C)C(=O)N(c2cccc(CO)c2)C1=O. The lowest BCUT2D eigenvalue weighted by Gasteiger charge is -2.15. The molecule has 1 heterocycles. The molecule has 2 amide bonds. The number of hydrogen-bond acceptors (Lipinski definition) is 3. The second kappa shape index (κ2) is 4.14. The minimum Gasteiger partial charge on any atom is -0.392 e. The van der Waals surface area contributed by atoms with Crippen molar-refractivity contribution in [1.29, 1.82) is 0 Å². The third kappa shape index (κ3) is 1.76. The second-order valence-electron chi connectivity index (χ2n) is 4.02. The third-order valence-corrected chi connectivity index (χ3v) is 2.96. The Labute approximate surface area is 99.2 Å². The first-order chi connectivity index (χ1) is 8.06. The van der Waals surface area contributed by atoms with Crippen molar-refractivity contribution in [3.63, 3.8) is 0 Å². The number of carbonyl (C=O) groups is 2. The van der Waals surface area contributed by atoms with Gasteiger partial charge in [0.05, 0.1) is 12.3 Å². The Kier molecular flexibility index (Phi) is 2.81. The number of anilines is 1. The van der Waals surface area contributed by atoms with E-state index >= 15 is 0 Å². The number of aliphatic hydroxyl groups is 1. The molecule has 4 heteroatoms. The highest BCUT2D eigenvalue weighted by Crippen LogP contribution is 2.27. The quantitative estimate of drug-likeness (QED) is 0.782. The molecule has 0 unspecified atom stereocenters. The highest BCUT2D eigenvalue weighted by Gasteiger charge is 2.34. The van der Waals surface area contributed by atoms with E-state index in [1.54, 1.807) is 38.1 Å². The van der Waals surface area contributed by atoms with Crippen LogP contribution in [-0.4, -0.2) is 16.9 Å². The third-order valence-electron chi connectivity index (χ3n) is 2.96. The number of nitrogens with zero attached hydrogens (tertiary/aromatic N) is 1. The number of imide groups is 1. The maximum atomic E-state index is 11.9. The first kappa shape index (κ1) is 11.5. The fourth-order valence-corrected chi connectivity index (χ4v) is 1.78. The lowest BCUT2D eigenvalue weighted by atomic mass is 10.2. The number of benzene rings is 1. The monoisotopic (exact) mass is 231 g/mol. The molecule has 0 spiro atoms. The molecular formula is C13H13NO3. The highest BCUT2D eigenvalue weighted by molar-refractivity contribution is 6.32. The summed E-state index contributed by atoms with van der Waals surface area (Å²) >= 11 is 0. The van der Waals surface area contributed by atoms with Crippen LogP contribution in [-0.2, 0) is 16.2 Å². The van der Waals surface area contributed by atoms with Gasteiger partial charge in [-0.05, 0) is 31.5 Å². The maximum absolute atomic E-state index is 11.9. The van der Waals surface area contributed by atoms with Gasteiger partial charge in [0.15, 0.2) is 0 Å². The van der Waals surface area contributed by atoms with Crippen LogP contribution in [0.1, 0.15) is 19.4 Å². The van der Waals surface area contributed by atoms with E-state index in [1.807, 2.05) is 0 Å². The number of rotatable bonds is 2. The second-order valence-corrected chi connectivity index (χ2v) is 4.02. The molecule has 0 aromatic heterocycles. The maximum Gasteiger partial charge on any atom is 0.261 e. The zero-order valence-corrected chi connectivity index (χ0v) is 9.73. The van der Waals surface area contributed by atoms with Crippen LogP contribution in [0.15, 0.2) is 35.4 Å². The Morgan fingerprint density at radius 2 is 1.71 bits per heavy atom. The minimum atomic E-state index is -0.289. The molecule has 4 nitrogen and oxygen atoms in total. The fraction of sp³-hybridized carbons (Fsp3) is 0.231. The van der Waals surface area contributed by atoms with Gasteiger partial charge in [0.25, 0.3) is 11.8 Å². The molecule has 0 fully saturated rings. The van der Waals surface area contributed by atoms with Gasteiger partial charge in [-0.3, -0.25) is 9.59 Å². The smallest absolute Gasteiger partial charge is 0.261 e. The molecule has 1 aliphatic heterocycles. The van der Waals surface area contributed by atoms with Crippen LogP contribution in [0.5, 0.6) is 0 Å². The average Bonchev–Trinajstić information content (AvgIpc) is 2.54. The Morgan fingerprint density at radius 3 is 2.24 bits per heavy atom. The Bertz CT molecular complexity index is 507. The molecule has 1 aliphatic rings. The normalized spacial score (nSPS) is 16.1. The molecule has 0 saturated heterocycles. The Hall–Kier alpha value is -1.94. The van der Waals surface area contributed by atoms with Gasteiger partial charge in [-0.15, -0.1) is 0 Å². The first-order valence-electron chi connectivity index (χ1n) is 5.32. The molecule has 88 valence electrons. The van der Waals surface area contributed by atoms with E-state index in [9.17, 15) is 9.59 Å². The van der Waals surface area contributed by atoms with Crippen LogP contribution in [0.3, 0.4) is 0 Å². The Balaban J connectivity index is 2.43. The van der Waals surface area contributed by atoms with Crippen molar-refractivity contribution >= 4 is 17.5 Å². The van der Waals surface area contributed by atoms with Crippen LogP contribution in [0.2, 0.25) is 0 Å². The lowest BCUT2D eigenvalue weighted by molar-refractivity contribution is -0.120. The molecule has 1 aromatic carbocycles. The average molecular weight is 231 g/mol. The van der Waals surface area contributed by atoms with Crippen LogP contribution in [0, 0.1) is 0 Å². The zero-order chi connectivity index (χ0) is 12.6. The highest BCUT2D eigenvalue weighted by atomic mass is 16.3. The van der Waals surface area contributed by atoms with E-state index in [0.29, 0.717) is 22.4 Å². The van der Waals surface area contributed by atoms with Crippen molar-refractivity contribution in [2.24, 2.45) is 0 Å². The summed E-state index contributed by atoms with van der Waals surface area (Å²) in [6.45, 7) is 3.17. The van der Waals surface area contributed by atoms with Gasteiger partial charge in [0.2, 0.25) is 0 Å². The van der Waals surface area contributed by atoms with Gasteiger partial charge in [0.1, 0.15) is 0 Å². The van der Waals surface area contributed by atoms with Gasteiger partial charge in [0, 0.05) is 11.1 Å². The first-order valence-corrected chi connectivity index (χ1v) is 5.32. The van der Waals surface area contributed by atoms with Crippen LogP contribution in [0.25, 0.3) is 0 Å². The van der Waals surface area contributed by atoms with E-state index < -0.39 is 0 Å². The van der Waals surface area contributed by atoms with E-state index in [-0.39, 0.29) is 18.4 Å². The molecule has 1 aromatic rings. The summed E-state index contributed by atoms with van der Waals surface area (Å²) in [6.07, 6.45) is 0. The van der Waals surface area contributed by atoms with Crippen molar-refractivity contribution in [2.45, 2.75) is 20.5 Å². The standard InChI is InChI=1S/C13H13NO3/c1-8-9(2)13(17)14(12(8)16)11-5-3-4-10(6-11)7-15/h3-6,15H,7H2,1-2H3. The number of carbonyl (C=O) groups excluding carboxylic acids is 2. The molecule has 1 N–H and O–H groups in total. The van der Waals surface area contributed by atoms with Gasteiger partial charge < -0.3 is 5.11 Å². The number of hydrogen-bond donors (Lipinski definition) is 1. The summed E-state index contributed by atoms with van der Waals surface area (Å²) in [5, 5.41) is 9.04.